The van der Waals surface area contributed by atoms with Crippen molar-refractivity contribution in [1.29, 1.82) is 0 Å². The topological polar surface area (TPSA) is 44.5 Å². The van der Waals surface area contributed by atoms with Crippen LogP contribution in [-0.4, -0.2) is 58.9 Å². The molecule has 5 nitrogen and oxygen atoms in total. The molecule has 0 saturated carbocycles. The van der Waals surface area contributed by atoms with Crippen molar-refractivity contribution in [2.24, 2.45) is 0 Å². The number of para-hydroxylation sites is 2. The van der Waals surface area contributed by atoms with Gasteiger partial charge in [-0.25, -0.2) is 4.98 Å². The fourth-order valence-corrected chi connectivity index (χ4v) is 3.54. The van der Waals surface area contributed by atoms with E-state index in [9.17, 15) is 0 Å². The van der Waals surface area contributed by atoms with Crippen LogP contribution in [-0.2, 0) is 6.54 Å². The third-order valence-electron chi connectivity index (χ3n) is 4.89. The number of aliphatic hydroxyl groups is 1. The average Bonchev–Trinajstić information content (AvgIpc) is 3.02. The number of anilines is 1. The molecule has 5 heteroatoms. The summed E-state index contributed by atoms with van der Waals surface area (Å²) in [6.07, 6.45) is 0. The highest BCUT2D eigenvalue weighted by Gasteiger charge is 2.22. The molecule has 1 aliphatic rings. The summed E-state index contributed by atoms with van der Waals surface area (Å²) >= 11 is 0. The first-order valence-electron chi connectivity index (χ1n) is 8.92. The Kier molecular flexibility index (Phi) is 4.68. The van der Waals surface area contributed by atoms with E-state index in [0.29, 0.717) is 0 Å². The molecule has 1 saturated heterocycles. The highest BCUT2D eigenvalue weighted by atomic mass is 16.3. The lowest BCUT2D eigenvalue weighted by molar-refractivity contribution is 0.188. The van der Waals surface area contributed by atoms with Crippen LogP contribution in [0.4, 0.5) is 5.95 Å². The van der Waals surface area contributed by atoms with Crippen LogP contribution in [0.3, 0.4) is 0 Å². The first-order chi connectivity index (χ1) is 12.3. The number of piperazine rings is 1. The summed E-state index contributed by atoms with van der Waals surface area (Å²) in [4.78, 5) is 9.60. The largest absolute Gasteiger partial charge is 0.395 e. The van der Waals surface area contributed by atoms with Crippen molar-refractivity contribution in [2.75, 3.05) is 44.2 Å². The van der Waals surface area contributed by atoms with Crippen LogP contribution in [0.2, 0.25) is 0 Å². The number of imidazole rings is 1. The number of aliphatic hydroxyl groups excluding tert-OH is 1. The highest BCUT2D eigenvalue weighted by molar-refractivity contribution is 5.79. The van der Waals surface area contributed by atoms with Crippen LogP contribution in [0.5, 0.6) is 0 Å². The molecule has 4 rings (SSSR count). The van der Waals surface area contributed by atoms with E-state index in [1.165, 1.54) is 11.1 Å². The molecule has 130 valence electrons. The van der Waals surface area contributed by atoms with Crippen molar-refractivity contribution in [3.63, 3.8) is 0 Å². The second-order valence-electron chi connectivity index (χ2n) is 6.52. The fourth-order valence-electron chi connectivity index (χ4n) is 3.54. The van der Waals surface area contributed by atoms with Gasteiger partial charge < -0.3 is 14.6 Å². The van der Waals surface area contributed by atoms with E-state index in [-0.39, 0.29) is 6.61 Å². The van der Waals surface area contributed by atoms with Crippen molar-refractivity contribution in [3.05, 3.63) is 60.2 Å². The Labute approximate surface area is 148 Å². The SMILES string of the molecule is OCCN1CCN(c2nc3ccccc3n2Cc2ccccc2)CC1. The Morgan fingerprint density at radius 2 is 1.60 bits per heavy atom. The number of nitrogens with zero attached hydrogens (tertiary/aromatic N) is 4. The Bertz CT molecular complexity index is 822. The van der Waals surface area contributed by atoms with Gasteiger partial charge in [-0.15, -0.1) is 0 Å². The molecule has 1 fully saturated rings. The van der Waals surface area contributed by atoms with Crippen molar-refractivity contribution in [3.8, 4) is 0 Å². The van der Waals surface area contributed by atoms with Gasteiger partial charge in [-0.2, -0.15) is 0 Å². The molecule has 0 bridgehead atoms. The number of β-amino-alcohol motifs (C(OH)–C–C–N with tert-alkyl or cyclic N) is 1. The minimum atomic E-state index is 0.229. The number of rotatable bonds is 5. The second-order valence-corrected chi connectivity index (χ2v) is 6.52. The maximum absolute atomic E-state index is 9.13. The third-order valence-corrected chi connectivity index (χ3v) is 4.89. The zero-order valence-electron chi connectivity index (χ0n) is 14.4. The van der Waals surface area contributed by atoms with E-state index in [1.54, 1.807) is 0 Å². The van der Waals surface area contributed by atoms with Crippen LogP contribution in [0.25, 0.3) is 11.0 Å². The van der Waals surface area contributed by atoms with Gasteiger partial charge in [-0.1, -0.05) is 42.5 Å². The molecule has 25 heavy (non-hydrogen) atoms. The van der Waals surface area contributed by atoms with E-state index >= 15 is 0 Å². The molecule has 0 radical (unpaired) electrons. The van der Waals surface area contributed by atoms with Crippen LogP contribution in [0.15, 0.2) is 54.6 Å². The number of fused-ring (bicyclic) bond motifs is 1. The summed E-state index contributed by atoms with van der Waals surface area (Å²) in [5, 5.41) is 9.13. The quantitative estimate of drug-likeness (QED) is 0.776. The van der Waals surface area contributed by atoms with Crippen molar-refractivity contribution >= 4 is 17.0 Å². The van der Waals surface area contributed by atoms with Crippen molar-refractivity contribution in [2.45, 2.75) is 6.54 Å². The molecule has 0 spiro atoms. The average molecular weight is 336 g/mol. The van der Waals surface area contributed by atoms with Gasteiger partial charge in [0.15, 0.2) is 0 Å². The number of hydrogen-bond acceptors (Lipinski definition) is 4. The molecule has 0 aliphatic carbocycles. The first kappa shape index (κ1) is 16.1. The lowest BCUT2D eigenvalue weighted by Crippen LogP contribution is -2.48. The minimum Gasteiger partial charge on any atom is -0.395 e. The third kappa shape index (κ3) is 3.38. The summed E-state index contributed by atoms with van der Waals surface area (Å²) in [7, 11) is 0. The second kappa shape index (κ2) is 7.25. The predicted octanol–water partition coefficient (Wildman–Crippen LogP) is 2.20. The highest BCUT2D eigenvalue weighted by Crippen LogP contribution is 2.25. The molecule has 0 amide bonds. The Hall–Kier alpha value is -2.37. The lowest BCUT2D eigenvalue weighted by atomic mass is 10.2. The standard InChI is InChI=1S/C20H24N4O/c25-15-14-22-10-12-23(13-11-22)20-21-18-8-4-5-9-19(18)24(20)16-17-6-2-1-3-7-17/h1-9,25H,10-16H2. The van der Waals surface area contributed by atoms with Gasteiger partial charge in [0.2, 0.25) is 5.95 Å². The monoisotopic (exact) mass is 336 g/mol. The molecule has 0 unspecified atom stereocenters. The van der Waals surface area contributed by atoms with Gasteiger partial charge in [0.25, 0.3) is 0 Å². The molecule has 2 aromatic carbocycles. The molecule has 1 N–H and O–H groups in total. The zero-order chi connectivity index (χ0) is 17.1. The van der Waals surface area contributed by atoms with E-state index in [2.05, 4.69) is 62.9 Å². The molecule has 2 heterocycles. The van der Waals surface area contributed by atoms with E-state index in [0.717, 1.165) is 50.7 Å². The number of hydrogen-bond donors (Lipinski definition) is 1. The van der Waals surface area contributed by atoms with E-state index < -0.39 is 0 Å². The Morgan fingerprint density at radius 3 is 2.36 bits per heavy atom. The van der Waals surface area contributed by atoms with Crippen LogP contribution in [0, 0.1) is 0 Å². The molecular formula is C20H24N4O. The van der Waals surface area contributed by atoms with Crippen LogP contribution >= 0.6 is 0 Å². The fraction of sp³-hybridized carbons (Fsp3) is 0.350. The molecule has 0 atom stereocenters. The van der Waals surface area contributed by atoms with Gasteiger partial charge in [0.05, 0.1) is 24.2 Å². The van der Waals surface area contributed by atoms with Crippen LogP contribution < -0.4 is 4.90 Å². The van der Waals surface area contributed by atoms with E-state index in [1.807, 2.05) is 6.07 Å². The number of benzene rings is 2. The van der Waals surface area contributed by atoms with Gasteiger partial charge in [0.1, 0.15) is 0 Å². The van der Waals surface area contributed by atoms with Crippen molar-refractivity contribution < 1.29 is 5.11 Å². The normalized spacial score (nSPS) is 15.8. The minimum absolute atomic E-state index is 0.229. The summed E-state index contributed by atoms with van der Waals surface area (Å²) in [6, 6.07) is 18.9. The summed E-state index contributed by atoms with van der Waals surface area (Å²) in [5.74, 6) is 1.05. The van der Waals surface area contributed by atoms with Gasteiger partial charge in [-0.3, -0.25) is 4.90 Å². The zero-order valence-corrected chi connectivity index (χ0v) is 14.4. The van der Waals surface area contributed by atoms with Gasteiger partial charge >= 0.3 is 0 Å². The first-order valence-corrected chi connectivity index (χ1v) is 8.92. The Balaban J connectivity index is 1.65. The van der Waals surface area contributed by atoms with Gasteiger partial charge in [0, 0.05) is 32.7 Å². The molecular weight excluding hydrogens is 312 g/mol. The van der Waals surface area contributed by atoms with Crippen molar-refractivity contribution in [1.82, 2.24) is 14.5 Å². The maximum atomic E-state index is 9.13. The molecule has 1 aliphatic heterocycles. The summed E-state index contributed by atoms with van der Waals surface area (Å²) in [6.45, 7) is 5.63. The molecule has 3 aromatic rings. The number of aromatic nitrogens is 2. The maximum Gasteiger partial charge on any atom is 0.206 e. The summed E-state index contributed by atoms with van der Waals surface area (Å²) in [5.41, 5.74) is 3.51. The predicted molar refractivity (Wildman–Crippen MR) is 101 cm³/mol. The smallest absolute Gasteiger partial charge is 0.206 e. The van der Waals surface area contributed by atoms with Gasteiger partial charge in [-0.05, 0) is 17.7 Å². The van der Waals surface area contributed by atoms with E-state index in [4.69, 9.17) is 10.1 Å². The Morgan fingerprint density at radius 1 is 0.880 bits per heavy atom. The van der Waals surface area contributed by atoms with Crippen LogP contribution in [0.1, 0.15) is 5.56 Å². The molecule has 1 aromatic heterocycles. The lowest BCUT2D eigenvalue weighted by Gasteiger charge is -2.35. The summed E-state index contributed by atoms with van der Waals surface area (Å²) < 4.78 is 2.33.